The van der Waals surface area contributed by atoms with E-state index in [2.05, 4.69) is 15.4 Å². The van der Waals surface area contributed by atoms with Gasteiger partial charge in [0, 0.05) is 20.4 Å². The van der Waals surface area contributed by atoms with Crippen molar-refractivity contribution in [2.75, 3.05) is 24.8 Å². The molecule has 0 aliphatic carbocycles. The lowest BCUT2D eigenvalue weighted by molar-refractivity contribution is 0.186. The molecule has 21 heavy (non-hydrogen) atoms. The van der Waals surface area contributed by atoms with E-state index in [9.17, 15) is 9.59 Å². The van der Waals surface area contributed by atoms with Crippen LogP contribution < -0.4 is 22.3 Å². The molecule has 9 heteroatoms. The van der Waals surface area contributed by atoms with Crippen molar-refractivity contribution in [2.45, 2.75) is 13.5 Å². The highest BCUT2D eigenvalue weighted by atomic mass is 16.5. The van der Waals surface area contributed by atoms with Gasteiger partial charge in [-0.15, -0.1) is 0 Å². The molecule has 0 saturated carbocycles. The number of ether oxygens (including phenoxy) is 1. The van der Waals surface area contributed by atoms with Crippen LogP contribution in [0.2, 0.25) is 0 Å². The minimum atomic E-state index is -0.575. The first-order valence-corrected chi connectivity index (χ1v) is 6.32. The average molecular weight is 294 g/mol. The summed E-state index contributed by atoms with van der Waals surface area (Å²) in [5.41, 5.74) is 6.26. The van der Waals surface area contributed by atoms with E-state index in [0.29, 0.717) is 18.0 Å². The highest BCUT2D eigenvalue weighted by molar-refractivity contribution is 5.69. The number of aromatic nitrogens is 4. The van der Waals surface area contributed by atoms with Crippen LogP contribution in [0.25, 0.3) is 0 Å². The number of rotatable bonds is 5. The van der Waals surface area contributed by atoms with Crippen LogP contribution in [0.4, 0.5) is 17.2 Å². The highest BCUT2D eigenvalue weighted by Gasteiger charge is 2.14. The Labute approximate surface area is 120 Å². The lowest BCUT2D eigenvalue weighted by Gasteiger charge is -2.13. The van der Waals surface area contributed by atoms with Crippen molar-refractivity contribution >= 4 is 17.2 Å². The molecule has 0 saturated heterocycles. The lowest BCUT2D eigenvalue weighted by atomic mass is 10.3. The summed E-state index contributed by atoms with van der Waals surface area (Å²) in [6.45, 7) is 2.35. The summed E-state index contributed by atoms with van der Waals surface area (Å²) < 4.78 is 7.79. The number of methoxy groups -OCH3 is 1. The van der Waals surface area contributed by atoms with E-state index in [-0.39, 0.29) is 18.1 Å². The normalized spacial score (nSPS) is 10.8. The minimum absolute atomic E-state index is 0.0593. The predicted molar refractivity (Wildman–Crippen MR) is 78.8 cm³/mol. The third-order valence-electron chi connectivity index (χ3n) is 3.03. The Hall–Kier alpha value is -2.55. The van der Waals surface area contributed by atoms with E-state index in [1.807, 2.05) is 0 Å². The van der Waals surface area contributed by atoms with Gasteiger partial charge in [-0.3, -0.25) is 19.0 Å². The number of nitrogen functional groups attached to an aromatic ring is 1. The smallest absolute Gasteiger partial charge is 0.330 e. The molecule has 0 aromatic carbocycles. The van der Waals surface area contributed by atoms with Crippen LogP contribution in [-0.2, 0) is 18.3 Å². The van der Waals surface area contributed by atoms with E-state index in [1.165, 1.54) is 11.7 Å². The number of nitrogens with zero attached hydrogens (tertiary/aromatic N) is 3. The van der Waals surface area contributed by atoms with Crippen LogP contribution in [-0.4, -0.2) is 33.0 Å². The van der Waals surface area contributed by atoms with Crippen LogP contribution >= 0.6 is 0 Å². The van der Waals surface area contributed by atoms with Crippen molar-refractivity contribution < 1.29 is 4.74 Å². The van der Waals surface area contributed by atoms with E-state index < -0.39 is 11.2 Å². The maximum absolute atomic E-state index is 11.9. The zero-order chi connectivity index (χ0) is 15.6. The number of aromatic amines is 1. The fraction of sp³-hybridized carbons (Fsp3) is 0.417. The monoisotopic (exact) mass is 294 g/mol. The third-order valence-corrected chi connectivity index (χ3v) is 3.03. The number of nitrogens with two attached hydrogens (primary N) is 1. The van der Waals surface area contributed by atoms with Crippen LogP contribution in [0.15, 0.2) is 15.8 Å². The Morgan fingerprint density at radius 3 is 2.76 bits per heavy atom. The zero-order valence-corrected chi connectivity index (χ0v) is 12.1. The largest absolute Gasteiger partial charge is 0.383 e. The maximum atomic E-state index is 11.9. The first-order chi connectivity index (χ1) is 9.93. The predicted octanol–water partition coefficient (Wildman–Crippen LogP) is -0.449. The van der Waals surface area contributed by atoms with Crippen molar-refractivity contribution in [1.82, 2.24) is 19.3 Å². The van der Waals surface area contributed by atoms with E-state index in [1.54, 1.807) is 24.9 Å². The molecule has 2 heterocycles. The molecule has 9 nitrogen and oxygen atoms in total. The number of H-pyrrole nitrogens is 1. The Morgan fingerprint density at radius 1 is 1.48 bits per heavy atom. The van der Waals surface area contributed by atoms with Gasteiger partial charge in [-0.2, -0.15) is 5.10 Å². The van der Waals surface area contributed by atoms with Crippen LogP contribution in [0.5, 0.6) is 0 Å². The van der Waals surface area contributed by atoms with Gasteiger partial charge in [0.15, 0.2) is 0 Å². The standard InChI is InChI=1S/C12H18N6O3/c1-7-8(6-17(2)16-7)14-9-10(13)18(4-5-21-3)12(20)15-11(9)19/h6,14H,4-5,13H2,1-3H3,(H,15,19,20). The molecule has 0 unspecified atom stereocenters. The summed E-state index contributed by atoms with van der Waals surface area (Å²) in [6.07, 6.45) is 1.72. The number of hydrogen-bond acceptors (Lipinski definition) is 6. The van der Waals surface area contributed by atoms with Crippen molar-refractivity contribution in [2.24, 2.45) is 7.05 Å². The first-order valence-electron chi connectivity index (χ1n) is 6.32. The van der Waals surface area contributed by atoms with E-state index in [4.69, 9.17) is 10.5 Å². The van der Waals surface area contributed by atoms with Gasteiger partial charge >= 0.3 is 5.69 Å². The van der Waals surface area contributed by atoms with Gasteiger partial charge in [0.25, 0.3) is 5.56 Å². The molecule has 0 atom stereocenters. The molecular weight excluding hydrogens is 276 g/mol. The average Bonchev–Trinajstić information content (AvgIpc) is 2.72. The summed E-state index contributed by atoms with van der Waals surface area (Å²) in [6, 6.07) is 0. The van der Waals surface area contributed by atoms with Crippen LogP contribution in [0, 0.1) is 6.92 Å². The summed E-state index contributed by atoms with van der Waals surface area (Å²) in [5.74, 6) is 0.0593. The number of hydrogen-bond donors (Lipinski definition) is 3. The second kappa shape index (κ2) is 5.83. The Balaban J connectivity index is 2.46. The van der Waals surface area contributed by atoms with Crippen molar-refractivity contribution in [1.29, 1.82) is 0 Å². The van der Waals surface area contributed by atoms with Crippen molar-refractivity contribution in [3.05, 3.63) is 32.7 Å². The minimum Gasteiger partial charge on any atom is -0.383 e. The van der Waals surface area contributed by atoms with Gasteiger partial charge in [0.1, 0.15) is 11.5 Å². The number of aryl methyl sites for hydroxylation is 2. The van der Waals surface area contributed by atoms with Gasteiger partial charge in [0.2, 0.25) is 0 Å². The molecule has 0 spiro atoms. The molecular formula is C12H18N6O3. The zero-order valence-electron chi connectivity index (χ0n) is 12.1. The second-order valence-corrected chi connectivity index (χ2v) is 4.59. The van der Waals surface area contributed by atoms with Gasteiger partial charge in [-0.25, -0.2) is 4.79 Å². The first kappa shape index (κ1) is 14.9. The molecule has 0 aliphatic heterocycles. The van der Waals surface area contributed by atoms with E-state index in [0.717, 1.165) is 0 Å². The number of nitrogens with one attached hydrogen (secondary N) is 2. The highest BCUT2D eigenvalue weighted by Crippen LogP contribution is 2.20. The van der Waals surface area contributed by atoms with Gasteiger partial charge < -0.3 is 15.8 Å². The molecule has 2 aromatic rings. The molecule has 0 aliphatic rings. The molecule has 2 rings (SSSR count). The molecule has 114 valence electrons. The van der Waals surface area contributed by atoms with Gasteiger partial charge in [-0.1, -0.05) is 0 Å². The molecule has 0 fully saturated rings. The summed E-state index contributed by atoms with van der Waals surface area (Å²) in [4.78, 5) is 25.9. The fourth-order valence-electron chi connectivity index (χ4n) is 1.97. The van der Waals surface area contributed by atoms with Crippen LogP contribution in [0.1, 0.15) is 5.69 Å². The topological polar surface area (TPSA) is 120 Å². The summed E-state index contributed by atoms with van der Waals surface area (Å²) in [5, 5.41) is 7.09. The van der Waals surface area contributed by atoms with Gasteiger partial charge in [0.05, 0.1) is 24.5 Å². The van der Waals surface area contributed by atoms with E-state index >= 15 is 0 Å². The third kappa shape index (κ3) is 2.97. The second-order valence-electron chi connectivity index (χ2n) is 4.59. The lowest BCUT2D eigenvalue weighted by Crippen LogP contribution is -2.34. The maximum Gasteiger partial charge on any atom is 0.330 e. The van der Waals surface area contributed by atoms with Crippen molar-refractivity contribution in [3.8, 4) is 0 Å². The van der Waals surface area contributed by atoms with Crippen LogP contribution in [0.3, 0.4) is 0 Å². The Kier molecular flexibility index (Phi) is 4.13. The molecule has 0 amide bonds. The Morgan fingerprint density at radius 2 is 2.19 bits per heavy atom. The summed E-state index contributed by atoms with van der Waals surface area (Å²) >= 11 is 0. The number of anilines is 3. The SMILES string of the molecule is COCCn1c(N)c(Nc2cn(C)nc2C)c(=O)[nH]c1=O. The molecule has 4 N–H and O–H groups in total. The van der Waals surface area contributed by atoms with Gasteiger partial charge in [-0.05, 0) is 6.92 Å². The molecule has 0 radical (unpaired) electrons. The molecule has 0 bridgehead atoms. The van der Waals surface area contributed by atoms with Crippen molar-refractivity contribution in [3.63, 3.8) is 0 Å². The fourth-order valence-corrected chi connectivity index (χ4v) is 1.97. The Bertz CT molecular complexity index is 757. The summed E-state index contributed by atoms with van der Waals surface area (Å²) in [7, 11) is 3.29. The molecule has 2 aromatic heterocycles. The quantitative estimate of drug-likeness (QED) is 0.687.